The SMILES string of the molecule is c1ccc(N(c2ccc(-c3ccc4c(c3)c3ccccc3n4-c3ccccc3)cc2)c2ccccc2-c2ccc(-c3cnc4c5ccccc5c5ccccc5c4n3)cc2)cc1. The Balaban J connectivity index is 0.908. The van der Waals surface area contributed by atoms with Gasteiger partial charge < -0.3 is 9.47 Å². The van der Waals surface area contributed by atoms with Crippen LogP contribution >= 0.6 is 0 Å². The van der Waals surface area contributed by atoms with Gasteiger partial charge in [0.2, 0.25) is 0 Å². The molecule has 62 heavy (non-hydrogen) atoms. The van der Waals surface area contributed by atoms with Crippen LogP contribution in [0.15, 0.2) is 231 Å². The van der Waals surface area contributed by atoms with Gasteiger partial charge in [0.1, 0.15) is 0 Å². The molecule has 0 aliphatic rings. The molecule has 0 fully saturated rings. The third-order valence-corrected chi connectivity index (χ3v) is 12.2. The predicted molar refractivity (Wildman–Crippen MR) is 260 cm³/mol. The maximum atomic E-state index is 5.25. The second-order valence-corrected chi connectivity index (χ2v) is 15.8. The summed E-state index contributed by atoms with van der Waals surface area (Å²) in [5, 5.41) is 7.11. The van der Waals surface area contributed by atoms with Gasteiger partial charge in [0.15, 0.2) is 0 Å². The maximum absolute atomic E-state index is 5.25. The Morgan fingerprint density at radius 1 is 0.355 bits per heavy atom. The predicted octanol–water partition coefficient (Wildman–Crippen LogP) is 15.5. The van der Waals surface area contributed by atoms with Crippen molar-refractivity contribution in [3.05, 3.63) is 231 Å². The number of rotatable bonds is 7. The lowest BCUT2D eigenvalue weighted by Gasteiger charge is -2.28. The van der Waals surface area contributed by atoms with Gasteiger partial charge in [0.25, 0.3) is 0 Å². The van der Waals surface area contributed by atoms with Crippen LogP contribution < -0.4 is 4.90 Å². The molecule has 290 valence electrons. The number of para-hydroxylation sites is 4. The van der Waals surface area contributed by atoms with Crippen molar-refractivity contribution in [3.63, 3.8) is 0 Å². The molecule has 0 radical (unpaired) electrons. The van der Waals surface area contributed by atoms with E-state index in [1.807, 2.05) is 6.20 Å². The molecule has 0 bridgehead atoms. The van der Waals surface area contributed by atoms with Crippen molar-refractivity contribution in [3.8, 4) is 39.2 Å². The number of fused-ring (bicyclic) bond motifs is 9. The van der Waals surface area contributed by atoms with Crippen LogP contribution in [0.1, 0.15) is 0 Å². The highest BCUT2D eigenvalue weighted by Gasteiger charge is 2.19. The fourth-order valence-corrected chi connectivity index (χ4v) is 9.31. The number of hydrogen-bond acceptors (Lipinski definition) is 3. The first-order valence-corrected chi connectivity index (χ1v) is 21.1. The first-order valence-electron chi connectivity index (χ1n) is 21.1. The van der Waals surface area contributed by atoms with Crippen molar-refractivity contribution in [2.24, 2.45) is 0 Å². The van der Waals surface area contributed by atoms with E-state index in [0.29, 0.717) is 0 Å². The molecule has 0 spiro atoms. The van der Waals surface area contributed by atoms with E-state index in [2.05, 4.69) is 234 Å². The first-order chi connectivity index (χ1) is 30.8. The third kappa shape index (κ3) is 5.92. The topological polar surface area (TPSA) is 34.0 Å². The lowest BCUT2D eigenvalue weighted by molar-refractivity contribution is 1.18. The van der Waals surface area contributed by atoms with Gasteiger partial charge in [-0.25, -0.2) is 4.98 Å². The largest absolute Gasteiger partial charge is 0.310 e. The van der Waals surface area contributed by atoms with Gasteiger partial charge in [-0.3, -0.25) is 4.98 Å². The molecule has 2 heterocycles. The van der Waals surface area contributed by atoms with Gasteiger partial charge in [0, 0.05) is 49.7 Å². The Labute approximate surface area is 359 Å². The summed E-state index contributed by atoms with van der Waals surface area (Å²) in [5.41, 5.74) is 15.2. The highest BCUT2D eigenvalue weighted by molar-refractivity contribution is 6.23. The average molecular weight is 791 g/mol. The van der Waals surface area contributed by atoms with E-state index in [1.165, 1.54) is 43.7 Å². The molecule has 2 aromatic heterocycles. The van der Waals surface area contributed by atoms with Crippen molar-refractivity contribution in [2.75, 3.05) is 4.90 Å². The van der Waals surface area contributed by atoms with Gasteiger partial charge in [-0.1, -0.05) is 164 Å². The van der Waals surface area contributed by atoms with Gasteiger partial charge in [-0.2, -0.15) is 0 Å². The van der Waals surface area contributed by atoms with E-state index in [4.69, 9.17) is 9.97 Å². The fourth-order valence-electron chi connectivity index (χ4n) is 9.31. The van der Waals surface area contributed by atoms with Crippen LogP contribution in [0.5, 0.6) is 0 Å². The maximum Gasteiger partial charge on any atom is 0.0979 e. The molecule has 0 N–H and O–H groups in total. The van der Waals surface area contributed by atoms with Crippen LogP contribution in [-0.2, 0) is 0 Å². The van der Waals surface area contributed by atoms with Crippen LogP contribution in [0.4, 0.5) is 17.1 Å². The molecule has 0 saturated carbocycles. The summed E-state index contributed by atoms with van der Waals surface area (Å²) in [6, 6.07) is 80.2. The smallest absolute Gasteiger partial charge is 0.0979 e. The van der Waals surface area contributed by atoms with E-state index in [1.54, 1.807) is 0 Å². The molecule has 12 aromatic rings. The Hall–Kier alpha value is -8.34. The molecule has 4 heteroatoms. The molecule has 12 rings (SSSR count). The molecule has 0 unspecified atom stereocenters. The molecular weight excluding hydrogens is 753 g/mol. The number of benzene rings is 10. The van der Waals surface area contributed by atoms with Crippen molar-refractivity contribution < 1.29 is 0 Å². The Kier molecular flexibility index (Phi) is 8.46. The number of nitrogens with zero attached hydrogens (tertiary/aromatic N) is 4. The third-order valence-electron chi connectivity index (χ3n) is 12.2. The molecule has 10 aromatic carbocycles. The second kappa shape index (κ2) is 14.7. The van der Waals surface area contributed by atoms with E-state index in [0.717, 1.165) is 66.9 Å². The quantitative estimate of drug-likeness (QED) is 0.151. The molecular formula is C58H38N4. The van der Waals surface area contributed by atoms with Gasteiger partial charge in [0.05, 0.1) is 39.6 Å². The van der Waals surface area contributed by atoms with Crippen molar-refractivity contribution in [1.82, 2.24) is 14.5 Å². The van der Waals surface area contributed by atoms with E-state index >= 15 is 0 Å². The zero-order valence-corrected chi connectivity index (χ0v) is 33.7. The van der Waals surface area contributed by atoms with Gasteiger partial charge in [-0.15, -0.1) is 0 Å². The highest BCUT2D eigenvalue weighted by atomic mass is 15.1. The van der Waals surface area contributed by atoms with E-state index < -0.39 is 0 Å². The monoisotopic (exact) mass is 790 g/mol. The summed E-state index contributed by atoms with van der Waals surface area (Å²) in [5.74, 6) is 0. The normalized spacial score (nSPS) is 11.5. The molecule has 4 nitrogen and oxygen atoms in total. The Bertz CT molecular complexity index is 3580. The molecule has 0 saturated heterocycles. The highest BCUT2D eigenvalue weighted by Crippen LogP contribution is 2.42. The summed E-state index contributed by atoms with van der Waals surface area (Å²) in [4.78, 5) is 12.6. The summed E-state index contributed by atoms with van der Waals surface area (Å²) in [7, 11) is 0. The van der Waals surface area contributed by atoms with Crippen LogP contribution in [0, 0.1) is 0 Å². The van der Waals surface area contributed by atoms with Crippen molar-refractivity contribution in [2.45, 2.75) is 0 Å². The fraction of sp³-hybridized carbons (Fsp3) is 0. The van der Waals surface area contributed by atoms with Gasteiger partial charge in [-0.05, 0) is 88.1 Å². The van der Waals surface area contributed by atoms with E-state index in [9.17, 15) is 0 Å². The van der Waals surface area contributed by atoms with Crippen LogP contribution in [0.2, 0.25) is 0 Å². The summed E-state index contributed by atoms with van der Waals surface area (Å²) in [6.07, 6.45) is 1.91. The molecule has 0 aliphatic heterocycles. The van der Waals surface area contributed by atoms with Crippen LogP contribution in [-0.4, -0.2) is 14.5 Å². The minimum atomic E-state index is 0.852. The van der Waals surface area contributed by atoms with Crippen LogP contribution in [0.25, 0.3) is 93.6 Å². The average Bonchev–Trinajstić information content (AvgIpc) is 3.69. The minimum Gasteiger partial charge on any atom is -0.310 e. The summed E-state index contributed by atoms with van der Waals surface area (Å²) >= 11 is 0. The zero-order chi connectivity index (χ0) is 41.0. The Morgan fingerprint density at radius 3 is 1.63 bits per heavy atom. The summed E-state index contributed by atoms with van der Waals surface area (Å²) < 4.78 is 2.36. The van der Waals surface area contributed by atoms with E-state index in [-0.39, 0.29) is 0 Å². The number of aromatic nitrogens is 3. The van der Waals surface area contributed by atoms with Crippen molar-refractivity contribution >= 4 is 71.4 Å². The summed E-state index contributed by atoms with van der Waals surface area (Å²) in [6.45, 7) is 0. The minimum absolute atomic E-state index is 0.852. The molecule has 0 amide bonds. The van der Waals surface area contributed by atoms with Crippen LogP contribution in [0.3, 0.4) is 0 Å². The molecule has 0 atom stereocenters. The standard InChI is InChI=1S/C58H38N4/c1-3-15-43(16-4-1)61(45-34-31-39(32-35-45)42-33-36-56-52(37-42)49-22-12-14-26-55(49)62(56)44-17-5-2-6-18-44)54-25-13-11-19-46(54)40-27-29-41(30-28-40)53-38-59-57-50-23-9-7-20-47(50)48-21-8-10-24-51(48)58(57)60-53/h1-38H. The zero-order valence-electron chi connectivity index (χ0n) is 33.7. The lowest BCUT2D eigenvalue weighted by atomic mass is 9.98. The number of anilines is 3. The molecule has 0 aliphatic carbocycles. The first kappa shape index (κ1) is 35.6. The number of hydrogen-bond donors (Lipinski definition) is 0. The Morgan fingerprint density at radius 2 is 0.887 bits per heavy atom. The van der Waals surface area contributed by atoms with Crippen molar-refractivity contribution in [1.29, 1.82) is 0 Å². The lowest BCUT2D eigenvalue weighted by Crippen LogP contribution is -2.11. The van der Waals surface area contributed by atoms with Gasteiger partial charge >= 0.3 is 0 Å². The second-order valence-electron chi connectivity index (χ2n) is 15.8.